The summed E-state index contributed by atoms with van der Waals surface area (Å²) < 4.78 is 22.1. The van der Waals surface area contributed by atoms with Crippen molar-refractivity contribution in [2.75, 3.05) is 26.2 Å². The number of benzene rings is 2. The second-order valence-corrected chi connectivity index (χ2v) is 7.99. The summed E-state index contributed by atoms with van der Waals surface area (Å²) in [4.78, 5) is 30.6. The number of rotatable bonds is 4. The minimum Gasteiger partial charge on any atom is -0.439 e. The summed E-state index contributed by atoms with van der Waals surface area (Å²) in [6.07, 6.45) is 0. The van der Waals surface area contributed by atoms with Gasteiger partial charge in [-0.2, -0.15) is 0 Å². The predicted octanol–water partition coefficient (Wildman–Crippen LogP) is 4.45. The first-order valence-corrected chi connectivity index (χ1v) is 10.8. The number of nitrogens with zero attached hydrogens (tertiary/aromatic N) is 2. The Hall–Kier alpha value is -3.33. The van der Waals surface area contributed by atoms with E-state index >= 15 is 0 Å². The van der Waals surface area contributed by atoms with Crippen LogP contribution in [0.5, 0.6) is 11.6 Å². The molecule has 0 saturated carbocycles. The van der Waals surface area contributed by atoms with Crippen molar-refractivity contribution in [2.45, 2.75) is 6.92 Å². The zero-order chi connectivity index (χ0) is 22.9. The number of piperazine rings is 1. The monoisotopic (exact) mass is 518 g/mol. The molecule has 184 valence electrons. The summed E-state index contributed by atoms with van der Waals surface area (Å²) in [5.41, 5.74) is 2.39. The van der Waals surface area contributed by atoms with Crippen LogP contribution < -0.4 is 15.6 Å². The second kappa shape index (κ2) is 10.9. The number of hydrogen-bond donors (Lipinski definition) is 2. The molecule has 0 aliphatic carbocycles. The number of pyridine rings is 1. The van der Waals surface area contributed by atoms with E-state index in [0.29, 0.717) is 43.0 Å². The first-order valence-electron chi connectivity index (χ1n) is 10.8. The highest BCUT2D eigenvalue weighted by Crippen LogP contribution is 2.38. The van der Waals surface area contributed by atoms with E-state index in [2.05, 4.69) is 10.3 Å². The lowest BCUT2D eigenvalue weighted by Crippen LogP contribution is -2.46. The third-order valence-electron chi connectivity index (χ3n) is 5.79. The normalized spacial score (nSPS) is 13.1. The summed E-state index contributed by atoms with van der Waals surface area (Å²) in [6.45, 7) is 4.24. The Morgan fingerprint density at radius 3 is 2.43 bits per heavy atom. The van der Waals surface area contributed by atoms with Gasteiger partial charge in [-0.15, -0.1) is 24.8 Å². The molecule has 3 heterocycles. The minimum atomic E-state index is -0.443. The number of aromatic nitrogens is 2. The Balaban J connectivity index is 0.00000171. The lowest BCUT2D eigenvalue weighted by molar-refractivity contribution is 0.0734. The highest BCUT2D eigenvalue weighted by molar-refractivity contribution is 6.09. The van der Waals surface area contributed by atoms with Gasteiger partial charge in [0.05, 0.1) is 11.0 Å². The number of amides is 1. The summed E-state index contributed by atoms with van der Waals surface area (Å²) in [6, 6.07) is 16.8. The molecule has 1 saturated heterocycles. The number of hydrogen-bond acceptors (Lipinski definition) is 4. The molecule has 5 rings (SSSR count). The zero-order valence-electron chi connectivity index (χ0n) is 18.9. The van der Waals surface area contributed by atoms with E-state index in [1.165, 1.54) is 18.2 Å². The highest BCUT2D eigenvalue weighted by Gasteiger charge is 2.30. The molecule has 7 nitrogen and oxygen atoms in total. The van der Waals surface area contributed by atoms with Gasteiger partial charge < -0.3 is 19.9 Å². The van der Waals surface area contributed by atoms with Crippen LogP contribution in [0.3, 0.4) is 0 Å². The molecular formula is C25H25Cl2FN4O3. The lowest BCUT2D eigenvalue weighted by Gasteiger charge is -2.27. The van der Waals surface area contributed by atoms with E-state index in [9.17, 15) is 14.0 Å². The van der Waals surface area contributed by atoms with Crippen molar-refractivity contribution in [3.05, 3.63) is 88.0 Å². The molecule has 4 aromatic rings. The van der Waals surface area contributed by atoms with Gasteiger partial charge in [0.15, 0.2) is 0 Å². The fourth-order valence-corrected chi connectivity index (χ4v) is 4.11. The number of para-hydroxylation sites is 1. The molecule has 0 spiro atoms. The molecule has 10 heteroatoms. The zero-order valence-corrected chi connectivity index (χ0v) is 20.5. The van der Waals surface area contributed by atoms with Crippen molar-refractivity contribution in [1.82, 2.24) is 19.8 Å². The summed E-state index contributed by atoms with van der Waals surface area (Å²) in [5, 5.41) is 3.24. The maximum atomic E-state index is 14.1. The molecule has 1 amide bonds. The maximum absolute atomic E-state index is 14.1. The standard InChI is InChI=1S/C25H23FN4O3.2ClH/c1-16-7-8-17(26)15-20(16)33-25-22(24(32)29-13-11-27-12-14-29)23-19(9-10-21(31)28-23)30(25)18-5-3-2-4-6-18;;/h2-10,15,27H,11-14H2,1H3,(H,28,31);2*1H. The SMILES string of the molecule is Cc1ccc(F)cc1Oc1c(C(=O)N2CCNCC2)c2[nH]c(=O)ccc2n1-c1ccccc1.Cl.Cl. The minimum absolute atomic E-state index is 0. The van der Waals surface area contributed by atoms with Crippen molar-refractivity contribution in [3.8, 4) is 17.3 Å². The first-order chi connectivity index (χ1) is 16.0. The summed E-state index contributed by atoms with van der Waals surface area (Å²) in [7, 11) is 0. The molecule has 1 aliphatic rings. The van der Waals surface area contributed by atoms with Crippen LogP contribution in [0.15, 0.2) is 65.5 Å². The Morgan fingerprint density at radius 2 is 1.71 bits per heavy atom. The van der Waals surface area contributed by atoms with E-state index < -0.39 is 5.82 Å². The number of carbonyl (C=O) groups is 1. The highest BCUT2D eigenvalue weighted by atomic mass is 35.5. The predicted molar refractivity (Wildman–Crippen MR) is 138 cm³/mol. The number of carbonyl (C=O) groups excluding carboxylic acids is 1. The van der Waals surface area contributed by atoms with Crippen LogP contribution >= 0.6 is 24.8 Å². The second-order valence-electron chi connectivity index (χ2n) is 7.99. The van der Waals surface area contributed by atoms with Crippen molar-refractivity contribution in [3.63, 3.8) is 0 Å². The van der Waals surface area contributed by atoms with Crippen LogP contribution in [0, 0.1) is 12.7 Å². The number of ether oxygens (including phenoxy) is 1. The van der Waals surface area contributed by atoms with E-state index in [-0.39, 0.29) is 47.7 Å². The molecule has 0 unspecified atom stereocenters. The number of fused-ring (bicyclic) bond motifs is 1. The molecule has 35 heavy (non-hydrogen) atoms. The van der Waals surface area contributed by atoms with Crippen LogP contribution in [-0.4, -0.2) is 46.5 Å². The van der Waals surface area contributed by atoms with Gasteiger partial charge in [-0.1, -0.05) is 24.3 Å². The van der Waals surface area contributed by atoms with Gasteiger partial charge in [0.2, 0.25) is 11.4 Å². The summed E-state index contributed by atoms with van der Waals surface area (Å²) >= 11 is 0. The number of nitrogens with one attached hydrogen (secondary N) is 2. The molecule has 1 aliphatic heterocycles. The molecular weight excluding hydrogens is 494 g/mol. The third-order valence-corrected chi connectivity index (χ3v) is 5.79. The fraction of sp³-hybridized carbons (Fsp3) is 0.200. The Labute approximate surface area is 213 Å². The van der Waals surface area contributed by atoms with E-state index in [1.807, 2.05) is 37.3 Å². The number of aryl methyl sites for hydroxylation is 1. The van der Waals surface area contributed by atoms with E-state index in [4.69, 9.17) is 4.74 Å². The van der Waals surface area contributed by atoms with E-state index in [1.54, 1.807) is 21.6 Å². The maximum Gasteiger partial charge on any atom is 0.261 e. The third kappa shape index (κ3) is 5.05. The van der Waals surface area contributed by atoms with Crippen LogP contribution in [0.1, 0.15) is 15.9 Å². The lowest BCUT2D eigenvalue weighted by atomic mass is 10.2. The Kier molecular flexibility index (Phi) is 8.22. The van der Waals surface area contributed by atoms with Gasteiger partial charge in [0, 0.05) is 44.0 Å². The Bertz CT molecular complexity index is 1400. The van der Waals surface area contributed by atoms with Gasteiger partial charge in [0.1, 0.15) is 17.1 Å². The van der Waals surface area contributed by atoms with Crippen molar-refractivity contribution in [1.29, 1.82) is 0 Å². The number of aromatic amines is 1. The van der Waals surface area contributed by atoms with Crippen LogP contribution in [0.4, 0.5) is 4.39 Å². The molecule has 0 radical (unpaired) electrons. The molecule has 0 atom stereocenters. The Morgan fingerprint density at radius 1 is 1.00 bits per heavy atom. The van der Waals surface area contributed by atoms with Crippen LogP contribution in [-0.2, 0) is 0 Å². The molecule has 2 N–H and O–H groups in total. The number of halogens is 3. The topological polar surface area (TPSA) is 79.4 Å². The van der Waals surface area contributed by atoms with Gasteiger partial charge in [-0.3, -0.25) is 14.2 Å². The van der Waals surface area contributed by atoms with Gasteiger partial charge in [0.25, 0.3) is 5.91 Å². The van der Waals surface area contributed by atoms with Crippen LogP contribution in [0.2, 0.25) is 0 Å². The van der Waals surface area contributed by atoms with Gasteiger partial charge in [-0.05, 0) is 36.8 Å². The van der Waals surface area contributed by atoms with Gasteiger partial charge >= 0.3 is 0 Å². The van der Waals surface area contributed by atoms with E-state index in [0.717, 1.165) is 11.3 Å². The van der Waals surface area contributed by atoms with Crippen molar-refractivity contribution < 1.29 is 13.9 Å². The molecule has 2 aromatic carbocycles. The quantitative estimate of drug-likeness (QED) is 0.418. The fourth-order valence-electron chi connectivity index (χ4n) is 4.11. The molecule has 2 aromatic heterocycles. The number of H-pyrrole nitrogens is 1. The van der Waals surface area contributed by atoms with Crippen LogP contribution in [0.25, 0.3) is 16.7 Å². The smallest absolute Gasteiger partial charge is 0.261 e. The van der Waals surface area contributed by atoms with Crippen molar-refractivity contribution >= 4 is 41.8 Å². The first kappa shape index (κ1) is 26.3. The average Bonchev–Trinajstić information content (AvgIpc) is 3.14. The van der Waals surface area contributed by atoms with Crippen molar-refractivity contribution in [2.24, 2.45) is 0 Å². The largest absolute Gasteiger partial charge is 0.439 e. The van der Waals surface area contributed by atoms with Gasteiger partial charge in [-0.25, -0.2) is 4.39 Å². The molecule has 0 bridgehead atoms. The molecule has 1 fully saturated rings. The average molecular weight is 519 g/mol. The summed E-state index contributed by atoms with van der Waals surface area (Å²) in [5.74, 6) is -0.162.